The second kappa shape index (κ2) is 14.8. The number of carbonyl (C=O) groups is 1. The summed E-state index contributed by atoms with van der Waals surface area (Å²) in [4.78, 5) is 22.8. The number of thiol groups is 1. The Kier molecular flexibility index (Phi) is 11.6. The van der Waals surface area contributed by atoms with Gasteiger partial charge in [0.2, 0.25) is 10.9 Å². The first-order valence-corrected chi connectivity index (χ1v) is 18.4. The summed E-state index contributed by atoms with van der Waals surface area (Å²) in [6.07, 6.45) is 6.59. The summed E-state index contributed by atoms with van der Waals surface area (Å²) in [6, 6.07) is 9.87. The van der Waals surface area contributed by atoms with Gasteiger partial charge in [-0.1, -0.05) is 37.6 Å². The number of pyridine rings is 1. The molecule has 1 amide bonds. The third-order valence-corrected chi connectivity index (χ3v) is 11.0. The van der Waals surface area contributed by atoms with Crippen LogP contribution in [0.1, 0.15) is 78.4 Å². The van der Waals surface area contributed by atoms with Crippen LogP contribution in [0, 0.1) is 11.3 Å². The van der Waals surface area contributed by atoms with Crippen LogP contribution in [-0.2, 0) is 29.5 Å². The van der Waals surface area contributed by atoms with E-state index < -0.39 is 0 Å². The number of aromatic hydroxyl groups is 1. The van der Waals surface area contributed by atoms with Crippen LogP contribution < -0.4 is 5.32 Å². The van der Waals surface area contributed by atoms with Gasteiger partial charge in [0.05, 0.1) is 5.52 Å². The summed E-state index contributed by atoms with van der Waals surface area (Å²) in [6.45, 7) is 17.2. The van der Waals surface area contributed by atoms with E-state index in [4.69, 9.17) is 0 Å². The van der Waals surface area contributed by atoms with Crippen LogP contribution in [-0.4, -0.2) is 56.0 Å². The number of hydrogen-bond acceptors (Lipinski definition) is 6. The van der Waals surface area contributed by atoms with Crippen molar-refractivity contribution in [2.75, 3.05) is 25.4 Å². The Morgan fingerprint density at radius 1 is 1.12 bits per heavy atom. The monoisotopic (exact) mass is 629 g/mol. The van der Waals surface area contributed by atoms with Gasteiger partial charge in [-0.25, -0.2) is 4.98 Å². The SMILES string of the molecule is CC(C)(C)Cc1c([SH+]C(C)(C)C)[nH]c2c(CN3CCC(CCNC(=O)CCSSc4ccccn4)CC3)c(O)ccc12. The molecule has 0 spiro atoms. The highest BCUT2D eigenvalue weighted by atomic mass is 33.1. The molecule has 1 fully saturated rings. The fourth-order valence-corrected chi connectivity index (χ4v) is 8.49. The van der Waals surface area contributed by atoms with Gasteiger partial charge in [0.15, 0.2) is 0 Å². The number of piperidine rings is 1. The zero-order valence-electron chi connectivity index (χ0n) is 26.1. The van der Waals surface area contributed by atoms with Gasteiger partial charge in [-0.15, -0.1) is 0 Å². The molecule has 1 aromatic carbocycles. The molecular weight excluding hydrogens is 581 g/mol. The van der Waals surface area contributed by atoms with Gasteiger partial charge in [-0.3, -0.25) is 9.69 Å². The highest BCUT2D eigenvalue weighted by Crippen LogP contribution is 2.37. The van der Waals surface area contributed by atoms with Crippen LogP contribution in [0.3, 0.4) is 0 Å². The molecule has 0 radical (unpaired) electrons. The molecule has 9 heteroatoms. The van der Waals surface area contributed by atoms with Crippen LogP contribution in [0.2, 0.25) is 0 Å². The number of fused-ring (bicyclic) bond motifs is 1. The maximum atomic E-state index is 12.3. The van der Waals surface area contributed by atoms with Crippen molar-refractivity contribution in [2.45, 2.75) is 95.0 Å². The number of nitrogens with one attached hydrogen (secondary N) is 2. The zero-order valence-corrected chi connectivity index (χ0v) is 28.7. The second-order valence-corrected chi connectivity index (χ2v) is 18.1. The minimum atomic E-state index is 0.132. The summed E-state index contributed by atoms with van der Waals surface area (Å²) in [5.41, 5.74) is 3.68. The Bertz CT molecular complexity index is 1310. The Balaban J connectivity index is 1.27. The lowest BCUT2D eigenvalue weighted by atomic mass is 9.88. The van der Waals surface area contributed by atoms with Gasteiger partial charge in [-0.05, 0) is 106 Å². The lowest BCUT2D eigenvalue weighted by Crippen LogP contribution is -2.35. The third-order valence-electron chi connectivity index (χ3n) is 7.46. The lowest BCUT2D eigenvalue weighted by molar-refractivity contribution is -0.120. The van der Waals surface area contributed by atoms with Crippen molar-refractivity contribution < 1.29 is 9.90 Å². The fraction of sp³-hybridized carbons (Fsp3) is 0.576. The number of phenols is 1. The highest BCUT2D eigenvalue weighted by Gasteiger charge is 2.30. The smallest absolute Gasteiger partial charge is 0.227 e. The van der Waals surface area contributed by atoms with E-state index in [1.165, 1.54) is 27.7 Å². The molecule has 0 atom stereocenters. The summed E-state index contributed by atoms with van der Waals surface area (Å²) in [7, 11) is 3.29. The number of phenolic OH excluding ortho intramolecular Hbond substituents is 1. The standard InChI is InChI=1S/C33H48N4O2S3/c1-32(2,3)21-25-24-10-11-27(38)26(30(24)36-31(25)41-33(4,5)6)22-37-18-13-23(14-19-37)12-17-34-28(39)15-20-40-42-29-9-7-8-16-35-29/h7-11,16,23,36,38H,12-15,17-22H2,1-6H3,(H,34,39)/p+1. The third kappa shape index (κ3) is 10.1. The molecule has 2 aromatic heterocycles. The zero-order chi connectivity index (χ0) is 30.3. The van der Waals surface area contributed by atoms with Crippen LogP contribution >= 0.6 is 21.6 Å². The first kappa shape index (κ1) is 33.1. The first-order chi connectivity index (χ1) is 19.9. The Labute approximate surface area is 264 Å². The maximum Gasteiger partial charge on any atom is 0.227 e. The molecule has 0 unspecified atom stereocenters. The summed E-state index contributed by atoms with van der Waals surface area (Å²) in [5.74, 6) is 1.92. The second-order valence-electron chi connectivity index (χ2n) is 13.6. The summed E-state index contributed by atoms with van der Waals surface area (Å²) < 4.78 is 0.148. The Hall–Kier alpha value is -1.81. The van der Waals surface area contributed by atoms with Gasteiger partial charge < -0.3 is 15.4 Å². The van der Waals surface area contributed by atoms with Gasteiger partial charge >= 0.3 is 0 Å². The molecule has 3 aromatic rings. The number of H-pyrrole nitrogens is 1. The molecule has 1 aliphatic heterocycles. The molecule has 42 heavy (non-hydrogen) atoms. The van der Waals surface area contributed by atoms with Crippen molar-refractivity contribution in [3.63, 3.8) is 0 Å². The number of benzene rings is 1. The minimum Gasteiger partial charge on any atom is -0.508 e. The van der Waals surface area contributed by atoms with E-state index in [0.717, 1.165) is 73.7 Å². The molecule has 6 nitrogen and oxygen atoms in total. The number of aromatic nitrogens is 2. The van der Waals surface area contributed by atoms with E-state index in [2.05, 4.69) is 67.8 Å². The molecule has 3 heterocycles. The number of carbonyl (C=O) groups excluding carboxylic acids is 1. The fourth-order valence-electron chi connectivity index (χ4n) is 5.45. The number of nitrogens with zero attached hydrogens (tertiary/aromatic N) is 2. The number of likely N-dealkylation sites (tertiary alicyclic amines) is 1. The Morgan fingerprint density at radius 2 is 1.88 bits per heavy atom. The van der Waals surface area contributed by atoms with E-state index in [9.17, 15) is 9.90 Å². The number of hydrogen-bond donors (Lipinski definition) is 3. The Morgan fingerprint density at radius 3 is 2.55 bits per heavy atom. The van der Waals surface area contributed by atoms with E-state index in [1.807, 2.05) is 24.3 Å². The van der Waals surface area contributed by atoms with E-state index in [1.54, 1.807) is 27.8 Å². The molecule has 230 valence electrons. The number of aromatic amines is 1. The summed E-state index contributed by atoms with van der Waals surface area (Å²) in [5, 5.41) is 17.6. The van der Waals surface area contributed by atoms with Gasteiger partial charge in [0.25, 0.3) is 0 Å². The van der Waals surface area contributed by atoms with Crippen molar-refractivity contribution >= 4 is 50.2 Å². The number of amides is 1. The minimum absolute atomic E-state index is 0.132. The highest BCUT2D eigenvalue weighted by molar-refractivity contribution is 8.76. The summed E-state index contributed by atoms with van der Waals surface area (Å²) >= 11 is 1.28. The molecular formula is C33H49N4O2S3+. The predicted molar refractivity (Wildman–Crippen MR) is 183 cm³/mol. The van der Waals surface area contributed by atoms with Crippen LogP contribution in [0.4, 0.5) is 0 Å². The molecule has 0 saturated carbocycles. The molecule has 3 N–H and O–H groups in total. The molecule has 4 rings (SSSR count). The van der Waals surface area contributed by atoms with Gasteiger partial charge in [0, 0.05) is 59.7 Å². The van der Waals surface area contributed by atoms with Crippen molar-refractivity contribution in [3.05, 3.63) is 47.7 Å². The van der Waals surface area contributed by atoms with Crippen molar-refractivity contribution in [1.82, 2.24) is 20.2 Å². The van der Waals surface area contributed by atoms with Gasteiger partial charge in [-0.2, -0.15) is 0 Å². The molecule has 1 aliphatic rings. The molecule has 0 aliphatic carbocycles. The average Bonchev–Trinajstić information content (AvgIpc) is 3.23. The predicted octanol–water partition coefficient (Wildman–Crippen LogP) is 7.38. The topological polar surface area (TPSA) is 81.2 Å². The molecule has 1 saturated heterocycles. The molecule has 0 bridgehead atoms. The van der Waals surface area contributed by atoms with E-state index >= 15 is 0 Å². The quantitative estimate of drug-likeness (QED) is 0.0840. The largest absolute Gasteiger partial charge is 0.508 e. The lowest BCUT2D eigenvalue weighted by Gasteiger charge is -2.32. The van der Waals surface area contributed by atoms with Crippen LogP contribution in [0.25, 0.3) is 10.9 Å². The average molecular weight is 630 g/mol. The van der Waals surface area contributed by atoms with Crippen LogP contribution in [0.15, 0.2) is 46.6 Å². The van der Waals surface area contributed by atoms with Gasteiger partial charge in [0.1, 0.15) is 15.5 Å². The normalized spacial score (nSPS) is 15.4. The first-order valence-electron chi connectivity index (χ1n) is 15.2. The van der Waals surface area contributed by atoms with Crippen LogP contribution in [0.5, 0.6) is 5.75 Å². The van der Waals surface area contributed by atoms with E-state index in [-0.39, 0.29) is 16.1 Å². The van der Waals surface area contributed by atoms with Crippen molar-refractivity contribution in [2.24, 2.45) is 11.3 Å². The van der Waals surface area contributed by atoms with Crippen molar-refractivity contribution in [3.8, 4) is 5.75 Å². The maximum absolute atomic E-state index is 12.3. The van der Waals surface area contributed by atoms with E-state index in [0.29, 0.717) is 18.1 Å². The number of rotatable bonds is 12. The van der Waals surface area contributed by atoms with Crippen molar-refractivity contribution in [1.29, 1.82) is 0 Å².